The zero-order valence-corrected chi connectivity index (χ0v) is 9.77. The number of rotatable bonds is 3. The van der Waals surface area contributed by atoms with Crippen LogP contribution in [0, 0.1) is 6.92 Å². The zero-order valence-electron chi connectivity index (χ0n) is 9.77. The predicted octanol–water partition coefficient (Wildman–Crippen LogP) is 1.75. The number of ether oxygens (including phenoxy) is 1. The molecular formula is C12H14N4O. The Balaban J connectivity index is 2.43. The van der Waals surface area contributed by atoms with E-state index in [0.717, 1.165) is 22.6 Å². The van der Waals surface area contributed by atoms with Crippen LogP contribution in [0.2, 0.25) is 0 Å². The highest BCUT2D eigenvalue weighted by Crippen LogP contribution is 2.25. The molecule has 0 radical (unpaired) electrons. The van der Waals surface area contributed by atoms with Gasteiger partial charge in [0.15, 0.2) is 5.82 Å². The van der Waals surface area contributed by atoms with Gasteiger partial charge in [0.25, 0.3) is 0 Å². The van der Waals surface area contributed by atoms with Crippen LogP contribution in [0.15, 0.2) is 30.3 Å². The Morgan fingerprint density at radius 1 is 1.18 bits per heavy atom. The Hall–Kier alpha value is -2.14. The Labute approximate surface area is 99.6 Å². The molecular weight excluding hydrogens is 216 g/mol. The van der Waals surface area contributed by atoms with Gasteiger partial charge in [-0.15, -0.1) is 5.10 Å². The van der Waals surface area contributed by atoms with Crippen LogP contribution in [0.4, 0.5) is 5.82 Å². The molecule has 2 rings (SSSR count). The fraction of sp³-hybridized carbons (Fsp3) is 0.167. The van der Waals surface area contributed by atoms with Gasteiger partial charge in [0.1, 0.15) is 5.75 Å². The van der Waals surface area contributed by atoms with Crippen LogP contribution in [0.1, 0.15) is 5.69 Å². The van der Waals surface area contributed by atoms with Gasteiger partial charge in [-0.25, -0.2) is 5.84 Å². The monoisotopic (exact) mass is 230 g/mol. The van der Waals surface area contributed by atoms with Crippen LogP contribution >= 0.6 is 0 Å². The molecule has 3 N–H and O–H groups in total. The summed E-state index contributed by atoms with van der Waals surface area (Å²) < 4.78 is 5.12. The second-order valence-electron chi connectivity index (χ2n) is 3.60. The highest BCUT2D eigenvalue weighted by Gasteiger charge is 2.05. The van der Waals surface area contributed by atoms with Gasteiger partial charge in [-0.2, -0.15) is 5.10 Å². The second kappa shape index (κ2) is 4.80. The maximum atomic E-state index is 5.32. The summed E-state index contributed by atoms with van der Waals surface area (Å²) in [7, 11) is 1.64. The molecule has 1 aromatic carbocycles. The van der Waals surface area contributed by atoms with Crippen LogP contribution in [0.5, 0.6) is 5.75 Å². The van der Waals surface area contributed by atoms with E-state index in [-0.39, 0.29) is 0 Å². The van der Waals surface area contributed by atoms with Crippen molar-refractivity contribution in [3.8, 4) is 16.9 Å². The second-order valence-corrected chi connectivity index (χ2v) is 3.60. The molecule has 1 heterocycles. The summed E-state index contributed by atoms with van der Waals surface area (Å²) in [6.45, 7) is 1.91. The number of nitrogens with zero attached hydrogens (tertiary/aromatic N) is 2. The molecule has 0 fully saturated rings. The largest absolute Gasteiger partial charge is 0.497 e. The molecule has 0 spiro atoms. The predicted molar refractivity (Wildman–Crippen MR) is 66.6 cm³/mol. The summed E-state index contributed by atoms with van der Waals surface area (Å²) in [5, 5.41) is 7.95. The number of aromatic nitrogens is 2. The Morgan fingerprint density at radius 3 is 2.47 bits per heavy atom. The quantitative estimate of drug-likeness (QED) is 0.620. The van der Waals surface area contributed by atoms with Crippen molar-refractivity contribution < 1.29 is 4.74 Å². The van der Waals surface area contributed by atoms with E-state index >= 15 is 0 Å². The standard InChI is InChI=1S/C12H14N4O/c1-8-11(7-12(14-13)16-15-8)9-3-5-10(17-2)6-4-9/h3-7H,13H2,1-2H3,(H,14,16). The van der Waals surface area contributed by atoms with Gasteiger partial charge in [0.05, 0.1) is 12.8 Å². The van der Waals surface area contributed by atoms with Crippen LogP contribution in [0.3, 0.4) is 0 Å². The van der Waals surface area contributed by atoms with Crippen LogP contribution in [0.25, 0.3) is 11.1 Å². The van der Waals surface area contributed by atoms with E-state index in [2.05, 4.69) is 15.6 Å². The fourth-order valence-electron chi connectivity index (χ4n) is 1.59. The molecule has 0 aliphatic carbocycles. The molecule has 0 amide bonds. The lowest BCUT2D eigenvalue weighted by atomic mass is 10.1. The molecule has 17 heavy (non-hydrogen) atoms. The molecule has 5 nitrogen and oxygen atoms in total. The van der Waals surface area contributed by atoms with Gasteiger partial charge in [0, 0.05) is 5.56 Å². The number of hydrazine groups is 1. The van der Waals surface area contributed by atoms with Crippen LogP contribution in [-0.2, 0) is 0 Å². The van der Waals surface area contributed by atoms with Gasteiger partial charge < -0.3 is 10.2 Å². The number of benzene rings is 1. The average molecular weight is 230 g/mol. The van der Waals surface area contributed by atoms with Crippen molar-refractivity contribution in [3.05, 3.63) is 36.0 Å². The van der Waals surface area contributed by atoms with Gasteiger partial charge in [-0.05, 0) is 30.7 Å². The SMILES string of the molecule is COc1ccc(-c2cc(NN)nnc2C)cc1. The minimum atomic E-state index is 0.543. The number of anilines is 1. The average Bonchev–Trinajstić information content (AvgIpc) is 2.39. The molecule has 0 saturated heterocycles. The summed E-state index contributed by atoms with van der Waals surface area (Å²) in [6.07, 6.45) is 0. The molecule has 0 saturated carbocycles. The summed E-state index contributed by atoms with van der Waals surface area (Å²) in [6, 6.07) is 9.63. The van der Waals surface area contributed by atoms with Crippen LogP contribution < -0.4 is 16.0 Å². The number of hydrogen-bond donors (Lipinski definition) is 2. The Bertz CT molecular complexity index is 510. The van der Waals surface area contributed by atoms with Crippen molar-refractivity contribution in [2.75, 3.05) is 12.5 Å². The van der Waals surface area contributed by atoms with Gasteiger partial charge >= 0.3 is 0 Å². The number of aryl methyl sites for hydroxylation is 1. The van der Waals surface area contributed by atoms with Gasteiger partial charge in [-0.1, -0.05) is 12.1 Å². The minimum absolute atomic E-state index is 0.543. The van der Waals surface area contributed by atoms with Crippen molar-refractivity contribution >= 4 is 5.82 Å². The smallest absolute Gasteiger partial charge is 0.163 e. The molecule has 5 heteroatoms. The molecule has 0 atom stereocenters. The minimum Gasteiger partial charge on any atom is -0.497 e. The van der Waals surface area contributed by atoms with Crippen LogP contribution in [-0.4, -0.2) is 17.3 Å². The maximum Gasteiger partial charge on any atom is 0.163 e. The maximum absolute atomic E-state index is 5.32. The molecule has 0 unspecified atom stereocenters. The summed E-state index contributed by atoms with van der Waals surface area (Å²) in [5.41, 5.74) is 5.39. The number of nitrogen functional groups attached to an aromatic ring is 1. The molecule has 1 aromatic heterocycles. The fourth-order valence-corrected chi connectivity index (χ4v) is 1.59. The molecule has 0 aliphatic heterocycles. The van der Waals surface area contributed by atoms with E-state index in [1.165, 1.54) is 0 Å². The first-order chi connectivity index (χ1) is 8.24. The summed E-state index contributed by atoms with van der Waals surface area (Å²) in [4.78, 5) is 0. The molecule has 0 bridgehead atoms. The lowest BCUT2D eigenvalue weighted by molar-refractivity contribution is 0.415. The zero-order chi connectivity index (χ0) is 12.3. The van der Waals surface area contributed by atoms with E-state index < -0.39 is 0 Å². The van der Waals surface area contributed by atoms with Gasteiger partial charge in [-0.3, -0.25) is 0 Å². The lowest BCUT2D eigenvalue weighted by Crippen LogP contribution is -2.09. The highest BCUT2D eigenvalue weighted by molar-refractivity contribution is 5.68. The number of hydrogen-bond acceptors (Lipinski definition) is 5. The van der Waals surface area contributed by atoms with E-state index in [0.29, 0.717) is 5.82 Å². The van der Waals surface area contributed by atoms with Crippen molar-refractivity contribution in [3.63, 3.8) is 0 Å². The third-order valence-electron chi connectivity index (χ3n) is 2.53. The number of nitrogens with two attached hydrogens (primary N) is 1. The van der Waals surface area contributed by atoms with Crippen molar-refractivity contribution in [2.24, 2.45) is 5.84 Å². The van der Waals surface area contributed by atoms with E-state index in [1.807, 2.05) is 37.3 Å². The Morgan fingerprint density at radius 2 is 1.88 bits per heavy atom. The first kappa shape index (κ1) is 11.3. The molecule has 0 aliphatic rings. The summed E-state index contributed by atoms with van der Waals surface area (Å²) in [5.74, 6) is 6.69. The van der Waals surface area contributed by atoms with E-state index in [4.69, 9.17) is 10.6 Å². The third kappa shape index (κ3) is 2.34. The lowest BCUT2D eigenvalue weighted by Gasteiger charge is -2.07. The first-order valence-corrected chi connectivity index (χ1v) is 5.20. The normalized spacial score (nSPS) is 10.1. The van der Waals surface area contributed by atoms with E-state index in [1.54, 1.807) is 7.11 Å². The Kier molecular flexibility index (Phi) is 3.20. The first-order valence-electron chi connectivity index (χ1n) is 5.20. The third-order valence-corrected chi connectivity index (χ3v) is 2.53. The number of nitrogens with one attached hydrogen (secondary N) is 1. The van der Waals surface area contributed by atoms with Crippen molar-refractivity contribution in [1.29, 1.82) is 0 Å². The van der Waals surface area contributed by atoms with Crippen molar-refractivity contribution in [2.45, 2.75) is 6.92 Å². The topological polar surface area (TPSA) is 73.1 Å². The van der Waals surface area contributed by atoms with Crippen molar-refractivity contribution in [1.82, 2.24) is 10.2 Å². The summed E-state index contributed by atoms with van der Waals surface area (Å²) >= 11 is 0. The molecule has 2 aromatic rings. The van der Waals surface area contributed by atoms with E-state index in [9.17, 15) is 0 Å². The number of methoxy groups -OCH3 is 1. The highest BCUT2D eigenvalue weighted by atomic mass is 16.5. The van der Waals surface area contributed by atoms with Gasteiger partial charge in [0.2, 0.25) is 0 Å². The molecule has 88 valence electrons.